The van der Waals surface area contributed by atoms with Gasteiger partial charge in [0.25, 0.3) is 0 Å². The van der Waals surface area contributed by atoms with Crippen molar-refractivity contribution in [3.63, 3.8) is 0 Å². The smallest absolute Gasteiger partial charge is 0.416 e. The van der Waals surface area contributed by atoms with Crippen molar-refractivity contribution < 1.29 is 36.7 Å². The molecule has 0 aliphatic heterocycles. The zero-order valence-corrected chi connectivity index (χ0v) is 22.5. The zero-order valence-electron chi connectivity index (χ0n) is 21.6. The van der Waals surface area contributed by atoms with Gasteiger partial charge in [-0.15, -0.1) is 0 Å². The molecule has 0 atom stereocenters. The standard InChI is InChI=1S/C28H35F3NO5P/c1-20(2)16-23-10-8-21(18-25(23)28(29,30)31)6-3-13-37-27-11-9-22(17-24(27)26-7-4-14-36-26)19-32-12-5-15-38(33,34)35/h4,7-11,14,17-18,20,32H,3,5-6,12-13,15-16,19H2,1-2H3,(H2,33,34,35). The van der Waals surface area contributed by atoms with Gasteiger partial charge in [-0.2, -0.15) is 13.2 Å². The van der Waals surface area contributed by atoms with Crippen LogP contribution in [0.4, 0.5) is 13.2 Å². The van der Waals surface area contributed by atoms with E-state index in [1.54, 1.807) is 24.5 Å². The quantitative estimate of drug-likeness (QED) is 0.150. The first-order valence-electron chi connectivity index (χ1n) is 12.7. The molecule has 2 aromatic carbocycles. The number of nitrogens with one attached hydrogen (secondary N) is 1. The van der Waals surface area contributed by atoms with Crippen molar-refractivity contribution in [1.82, 2.24) is 5.32 Å². The molecule has 6 nitrogen and oxygen atoms in total. The first kappa shape index (κ1) is 30.0. The highest BCUT2D eigenvalue weighted by atomic mass is 31.2. The highest BCUT2D eigenvalue weighted by molar-refractivity contribution is 7.51. The van der Waals surface area contributed by atoms with Crippen LogP contribution in [0.2, 0.25) is 0 Å². The number of ether oxygens (including phenoxy) is 1. The maximum absolute atomic E-state index is 13.6. The van der Waals surface area contributed by atoms with Crippen molar-refractivity contribution in [3.8, 4) is 17.1 Å². The van der Waals surface area contributed by atoms with Crippen LogP contribution in [0.25, 0.3) is 11.3 Å². The molecule has 38 heavy (non-hydrogen) atoms. The lowest BCUT2D eigenvalue weighted by atomic mass is 9.95. The summed E-state index contributed by atoms with van der Waals surface area (Å²) in [5.74, 6) is 1.36. The molecule has 0 aliphatic carbocycles. The Kier molecular flexibility index (Phi) is 10.6. The molecule has 1 heterocycles. The molecule has 0 amide bonds. The normalized spacial score (nSPS) is 12.3. The summed E-state index contributed by atoms with van der Waals surface area (Å²) in [6, 6.07) is 13.8. The monoisotopic (exact) mass is 553 g/mol. The van der Waals surface area contributed by atoms with Crippen LogP contribution in [0.5, 0.6) is 5.75 Å². The number of furan rings is 1. The van der Waals surface area contributed by atoms with Gasteiger partial charge in [-0.25, -0.2) is 0 Å². The van der Waals surface area contributed by atoms with E-state index in [1.165, 1.54) is 6.07 Å². The predicted octanol–water partition coefficient (Wildman–Crippen LogP) is 6.83. The lowest BCUT2D eigenvalue weighted by molar-refractivity contribution is -0.138. The molecule has 0 saturated carbocycles. The molecule has 0 aliphatic rings. The number of alkyl halides is 3. The zero-order chi connectivity index (χ0) is 27.8. The third kappa shape index (κ3) is 9.62. The lowest BCUT2D eigenvalue weighted by Gasteiger charge is -2.16. The molecular formula is C28H35F3NO5P. The topological polar surface area (TPSA) is 91.9 Å². The summed E-state index contributed by atoms with van der Waals surface area (Å²) in [7, 11) is -4.00. The van der Waals surface area contributed by atoms with E-state index in [0.29, 0.717) is 68.0 Å². The van der Waals surface area contributed by atoms with Crippen molar-refractivity contribution in [2.45, 2.75) is 52.3 Å². The average Bonchev–Trinajstić information content (AvgIpc) is 3.36. The first-order chi connectivity index (χ1) is 17.9. The highest BCUT2D eigenvalue weighted by Crippen LogP contribution is 2.35. The summed E-state index contributed by atoms with van der Waals surface area (Å²) in [5.41, 5.74) is 2.09. The van der Waals surface area contributed by atoms with Crippen LogP contribution < -0.4 is 10.1 Å². The van der Waals surface area contributed by atoms with E-state index in [-0.39, 0.29) is 12.1 Å². The minimum Gasteiger partial charge on any atom is -0.493 e. The Morgan fingerprint density at radius 2 is 1.82 bits per heavy atom. The van der Waals surface area contributed by atoms with Crippen molar-refractivity contribution in [3.05, 3.63) is 77.0 Å². The van der Waals surface area contributed by atoms with E-state index >= 15 is 0 Å². The minimum absolute atomic E-state index is 0.133. The Bertz CT molecular complexity index is 1210. The molecule has 3 aromatic rings. The Balaban J connectivity index is 1.60. The molecule has 208 valence electrons. The molecule has 0 bridgehead atoms. The van der Waals surface area contributed by atoms with Gasteiger partial charge in [0.15, 0.2) is 0 Å². The Hall–Kier alpha value is -2.58. The third-order valence-electron chi connectivity index (χ3n) is 5.94. The summed E-state index contributed by atoms with van der Waals surface area (Å²) in [6.07, 6.45) is -1.24. The van der Waals surface area contributed by atoms with Gasteiger partial charge in [-0.05, 0) is 85.2 Å². The Morgan fingerprint density at radius 3 is 2.47 bits per heavy atom. The number of rotatable bonds is 14. The van der Waals surface area contributed by atoms with Gasteiger partial charge in [-0.1, -0.05) is 32.0 Å². The summed E-state index contributed by atoms with van der Waals surface area (Å²) in [4.78, 5) is 17.9. The SMILES string of the molecule is CC(C)Cc1ccc(CCCOc2ccc(CNCCCP(=O)(O)O)cc2-c2ccco2)cc1C(F)(F)F. The van der Waals surface area contributed by atoms with Crippen LogP contribution in [-0.4, -0.2) is 29.1 Å². The van der Waals surface area contributed by atoms with Crippen LogP contribution in [-0.2, 0) is 30.1 Å². The van der Waals surface area contributed by atoms with Gasteiger partial charge >= 0.3 is 13.8 Å². The maximum Gasteiger partial charge on any atom is 0.416 e. The second-order valence-electron chi connectivity index (χ2n) is 9.77. The summed E-state index contributed by atoms with van der Waals surface area (Å²) >= 11 is 0. The molecule has 3 N–H and O–H groups in total. The Labute approximate surface area is 221 Å². The predicted molar refractivity (Wildman–Crippen MR) is 141 cm³/mol. The number of aryl methyl sites for hydroxylation is 1. The summed E-state index contributed by atoms with van der Waals surface area (Å²) in [5, 5.41) is 3.17. The van der Waals surface area contributed by atoms with Gasteiger partial charge in [0, 0.05) is 6.54 Å². The largest absolute Gasteiger partial charge is 0.493 e. The van der Waals surface area contributed by atoms with Gasteiger partial charge in [0.2, 0.25) is 0 Å². The molecule has 0 unspecified atom stereocenters. The molecule has 0 saturated heterocycles. The lowest BCUT2D eigenvalue weighted by Crippen LogP contribution is -2.16. The van der Waals surface area contributed by atoms with E-state index in [9.17, 15) is 17.7 Å². The molecule has 10 heteroatoms. The molecular weight excluding hydrogens is 518 g/mol. The van der Waals surface area contributed by atoms with Gasteiger partial charge < -0.3 is 24.3 Å². The van der Waals surface area contributed by atoms with Gasteiger partial charge in [0.1, 0.15) is 11.5 Å². The van der Waals surface area contributed by atoms with Gasteiger partial charge in [-0.3, -0.25) is 4.57 Å². The van der Waals surface area contributed by atoms with Crippen LogP contribution in [0.1, 0.15) is 48.9 Å². The fraction of sp³-hybridized carbons (Fsp3) is 0.429. The minimum atomic E-state index is -4.38. The van der Waals surface area contributed by atoms with E-state index in [1.807, 2.05) is 38.1 Å². The number of hydrogen-bond donors (Lipinski definition) is 3. The van der Waals surface area contributed by atoms with E-state index in [4.69, 9.17) is 18.9 Å². The van der Waals surface area contributed by atoms with Gasteiger partial charge in [0.05, 0.1) is 30.2 Å². The summed E-state index contributed by atoms with van der Waals surface area (Å²) < 4.78 is 63.3. The van der Waals surface area contributed by atoms with Crippen LogP contribution in [0, 0.1) is 5.92 Å². The van der Waals surface area contributed by atoms with Crippen molar-refractivity contribution >= 4 is 7.60 Å². The van der Waals surface area contributed by atoms with Crippen molar-refractivity contribution in [1.29, 1.82) is 0 Å². The number of hydrogen-bond acceptors (Lipinski definition) is 4. The van der Waals surface area contributed by atoms with Crippen LogP contribution in [0.15, 0.2) is 59.2 Å². The average molecular weight is 554 g/mol. The highest BCUT2D eigenvalue weighted by Gasteiger charge is 2.33. The molecule has 1 aromatic heterocycles. The number of halogens is 3. The molecule has 0 spiro atoms. The second-order valence-corrected chi connectivity index (χ2v) is 11.5. The Morgan fingerprint density at radius 1 is 1.05 bits per heavy atom. The first-order valence-corrected chi connectivity index (χ1v) is 14.5. The summed E-state index contributed by atoms with van der Waals surface area (Å²) in [6.45, 7) is 5.10. The van der Waals surface area contributed by atoms with Crippen molar-refractivity contribution in [2.24, 2.45) is 5.92 Å². The van der Waals surface area contributed by atoms with E-state index in [0.717, 1.165) is 11.1 Å². The number of benzene rings is 2. The maximum atomic E-state index is 13.6. The fourth-order valence-corrected chi connectivity index (χ4v) is 4.77. The fourth-order valence-electron chi connectivity index (χ4n) is 4.20. The van der Waals surface area contributed by atoms with E-state index < -0.39 is 19.3 Å². The van der Waals surface area contributed by atoms with Crippen molar-refractivity contribution in [2.75, 3.05) is 19.3 Å². The molecule has 3 rings (SSSR count). The third-order valence-corrected chi connectivity index (χ3v) is 6.84. The second kappa shape index (κ2) is 13.5. The van der Waals surface area contributed by atoms with Crippen LogP contribution >= 0.6 is 7.60 Å². The van der Waals surface area contributed by atoms with E-state index in [2.05, 4.69) is 5.32 Å². The molecule has 0 radical (unpaired) electrons. The molecule has 0 fully saturated rings. The van der Waals surface area contributed by atoms with Crippen LogP contribution in [0.3, 0.4) is 0 Å².